The van der Waals surface area contributed by atoms with Gasteiger partial charge in [0, 0.05) is 19.3 Å². The summed E-state index contributed by atoms with van der Waals surface area (Å²) in [5.41, 5.74) is 0. The molecule has 2 nitrogen and oxygen atoms in total. The normalized spacial score (nSPS) is 37.9. The van der Waals surface area contributed by atoms with Crippen molar-refractivity contribution in [3.05, 3.63) is 0 Å². The van der Waals surface area contributed by atoms with Gasteiger partial charge in [0.05, 0.1) is 0 Å². The zero-order valence-electron chi connectivity index (χ0n) is 9.30. The molecule has 1 N–H and O–H groups in total. The number of rotatable bonds is 3. The Balaban J connectivity index is 1.77. The number of nitrogens with one attached hydrogen (secondary N) is 1. The van der Waals surface area contributed by atoms with E-state index in [1.807, 2.05) is 0 Å². The summed E-state index contributed by atoms with van der Waals surface area (Å²) in [7, 11) is 0. The molecule has 82 valence electrons. The summed E-state index contributed by atoms with van der Waals surface area (Å²) in [6, 6.07) is 0.800. The second-order valence-electron chi connectivity index (χ2n) is 4.85. The SMILES string of the molecule is CCCNC1CCC2COCCC2C1. The maximum atomic E-state index is 5.53. The van der Waals surface area contributed by atoms with E-state index in [0.717, 1.165) is 31.1 Å². The van der Waals surface area contributed by atoms with Crippen molar-refractivity contribution in [2.75, 3.05) is 19.8 Å². The number of hydrogen-bond donors (Lipinski definition) is 1. The summed E-state index contributed by atoms with van der Waals surface area (Å²) in [6.07, 6.45) is 6.70. The molecule has 0 aromatic heterocycles. The molecule has 0 radical (unpaired) electrons. The highest BCUT2D eigenvalue weighted by Gasteiger charge is 2.32. The van der Waals surface area contributed by atoms with Gasteiger partial charge in [0.25, 0.3) is 0 Å². The molecule has 3 unspecified atom stereocenters. The van der Waals surface area contributed by atoms with Gasteiger partial charge in [-0.15, -0.1) is 0 Å². The maximum absolute atomic E-state index is 5.53. The molecule has 1 aliphatic heterocycles. The van der Waals surface area contributed by atoms with Gasteiger partial charge in [-0.3, -0.25) is 0 Å². The Morgan fingerprint density at radius 3 is 3.00 bits per heavy atom. The van der Waals surface area contributed by atoms with Crippen molar-refractivity contribution in [1.82, 2.24) is 5.32 Å². The van der Waals surface area contributed by atoms with Crippen LogP contribution in [0, 0.1) is 11.8 Å². The summed E-state index contributed by atoms with van der Waals surface area (Å²) >= 11 is 0. The van der Waals surface area contributed by atoms with E-state index in [1.54, 1.807) is 0 Å². The third kappa shape index (κ3) is 2.48. The lowest BCUT2D eigenvalue weighted by atomic mass is 9.75. The average Bonchev–Trinajstić information content (AvgIpc) is 2.26. The van der Waals surface area contributed by atoms with Crippen molar-refractivity contribution in [1.29, 1.82) is 0 Å². The Labute approximate surface area is 87.4 Å². The molecule has 0 amide bonds. The second kappa shape index (κ2) is 5.13. The molecule has 2 rings (SSSR count). The Hall–Kier alpha value is -0.0800. The van der Waals surface area contributed by atoms with Crippen molar-refractivity contribution in [3.8, 4) is 0 Å². The van der Waals surface area contributed by atoms with Crippen LogP contribution in [-0.4, -0.2) is 25.8 Å². The quantitative estimate of drug-likeness (QED) is 0.749. The van der Waals surface area contributed by atoms with Crippen LogP contribution in [0.25, 0.3) is 0 Å². The molecule has 1 saturated heterocycles. The van der Waals surface area contributed by atoms with Crippen molar-refractivity contribution < 1.29 is 4.74 Å². The molecule has 3 atom stereocenters. The van der Waals surface area contributed by atoms with E-state index in [0.29, 0.717) is 0 Å². The maximum Gasteiger partial charge on any atom is 0.0496 e. The standard InChI is InChI=1S/C12H23NO/c1-2-6-13-12-4-3-11-9-14-7-5-10(11)8-12/h10-13H,2-9H2,1H3. The van der Waals surface area contributed by atoms with Gasteiger partial charge in [0.15, 0.2) is 0 Å². The zero-order chi connectivity index (χ0) is 9.80. The van der Waals surface area contributed by atoms with E-state index in [1.165, 1.54) is 38.6 Å². The van der Waals surface area contributed by atoms with Gasteiger partial charge in [-0.05, 0) is 50.5 Å². The summed E-state index contributed by atoms with van der Waals surface area (Å²) in [4.78, 5) is 0. The fourth-order valence-corrected chi connectivity index (χ4v) is 2.90. The molecule has 2 aliphatic rings. The van der Waals surface area contributed by atoms with E-state index < -0.39 is 0 Å². The van der Waals surface area contributed by atoms with Gasteiger partial charge in [0.2, 0.25) is 0 Å². The highest BCUT2D eigenvalue weighted by atomic mass is 16.5. The molecule has 2 heteroatoms. The zero-order valence-corrected chi connectivity index (χ0v) is 9.30. The largest absolute Gasteiger partial charge is 0.381 e. The van der Waals surface area contributed by atoms with Gasteiger partial charge in [-0.1, -0.05) is 6.92 Å². The molecule has 2 fully saturated rings. The van der Waals surface area contributed by atoms with Crippen molar-refractivity contribution in [3.63, 3.8) is 0 Å². The smallest absolute Gasteiger partial charge is 0.0496 e. The lowest BCUT2D eigenvalue weighted by Crippen LogP contribution is -2.41. The van der Waals surface area contributed by atoms with Crippen LogP contribution in [0.5, 0.6) is 0 Å². The van der Waals surface area contributed by atoms with Gasteiger partial charge in [-0.2, -0.15) is 0 Å². The molecule has 1 heterocycles. The van der Waals surface area contributed by atoms with E-state index >= 15 is 0 Å². The second-order valence-corrected chi connectivity index (χ2v) is 4.85. The molecule has 1 saturated carbocycles. The minimum atomic E-state index is 0.800. The Morgan fingerprint density at radius 2 is 2.14 bits per heavy atom. The summed E-state index contributed by atoms with van der Waals surface area (Å²) in [5, 5.41) is 3.66. The molecule has 14 heavy (non-hydrogen) atoms. The first kappa shape index (κ1) is 10.4. The Kier molecular flexibility index (Phi) is 3.82. The van der Waals surface area contributed by atoms with E-state index in [2.05, 4.69) is 12.2 Å². The topological polar surface area (TPSA) is 21.3 Å². The third-order valence-electron chi connectivity index (χ3n) is 3.79. The van der Waals surface area contributed by atoms with Crippen molar-refractivity contribution in [2.24, 2.45) is 11.8 Å². The fraction of sp³-hybridized carbons (Fsp3) is 1.00. The van der Waals surface area contributed by atoms with Gasteiger partial charge < -0.3 is 10.1 Å². The minimum Gasteiger partial charge on any atom is -0.381 e. The fourth-order valence-electron chi connectivity index (χ4n) is 2.90. The molecule has 1 aliphatic carbocycles. The Morgan fingerprint density at radius 1 is 1.21 bits per heavy atom. The van der Waals surface area contributed by atoms with Crippen LogP contribution in [0.3, 0.4) is 0 Å². The predicted octanol–water partition coefficient (Wildman–Crippen LogP) is 2.19. The monoisotopic (exact) mass is 197 g/mol. The van der Waals surface area contributed by atoms with E-state index in [9.17, 15) is 0 Å². The molecule has 0 spiro atoms. The van der Waals surface area contributed by atoms with Crippen molar-refractivity contribution in [2.45, 2.75) is 45.1 Å². The minimum absolute atomic E-state index is 0.800. The van der Waals surface area contributed by atoms with Crippen LogP contribution in [0.2, 0.25) is 0 Å². The lowest BCUT2D eigenvalue weighted by Gasteiger charge is -2.39. The lowest BCUT2D eigenvalue weighted by molar-refractivity contribution is -0.00780. The van der Waals surface area contributed by atoms with E-state index in [4.69, 9.17) is 4.74 Å². The molecule has 0 aromatic carbocycles. The Bertz CT molecular complexity index is 172. The first-order valence-electron chi connectivity index (χ1n) is 6.21. The summed E-state index contributed by atoms with van der Waals surface area (Å²) < 4.78 is 5.53. The highest BCUT2D eigenvalue weighted by Crippen LogP contribution is 2.35. The van der Waals surface area contributed by atoms with Gasteiger partial charge in [0.1, 0.15) is 0 Å². The number of ether oxygens (including phenoxy) is 1. The predicted molar refractivity (Wildman–Crippen MR) is 58.3 cm³/mol. The van der Waals surface area contributed by atoms with Crippen LogP contribution < -0.4 is 5.32 Å². The van der Waals surface area contributed by atoms with Crippen LogP contribution in [0.4, 0.5) is 0 Å². The first-order valence-corrected chi connectivity index (χ1v) is 6.21. The number of hydrogen-bond acceptors (Lipinski definition) is 2. The number of fused-ring (bicyclic) bond motifs is 1. The van der Waals surface area contributed by atoms with E-state index in [-0.39, 0.29) is 0 Å². The molecule has 0 bridgehead atoms. The summed E-state index contributed by atoms with van der Waals surface area (Å²) in [6.45, 7) is 5.47. The van der Waals surface area contributed by atoms with Crippen LogP contribution in [0.1, 0.15) is 39.0 Å². The molecular weight excluding hydrogens is 174 g/mol. The first-order chi connectivity index (χ1) is 6.90. The van der Waals surface area contributed by atoms with Gasteiger partial charge >= 0.3 is 0 Å². The third-order valence-corrected chi connectivity index (χ3v) is 3.79. The van der Waals surface area contributed by atoms with Crippen LogP contribution in [-0.2, 0) is 4.74 Å². The molecular formula is C12H23NO. The van der Waals surface area contributed by atoms with Crippen LogP contribution >= 0.6 is 0 Å². The molecule has 0 aromatic rings. The highest BCUT2D eigenvalue weighted by molar-refractivity contribution is 4.85. The van der Waals surface area contributed by atoms with Gasteiger partial charge in [-0.25, -0.2) is 0 Å². The van der Waals surface area contributed by atoms with Crippen LogP contribution in [0.15, 0.2) is 0 Å². The summed E-state index contributed by atoms with van der Waals surface area (Å²) in [5.74, 6) is 1.83. The average molecular weight is 197 g/mol. The van der Waals surface area contributed by atoms with Crippen molar-refractivity contribution >= 4 is 0 Å².